The van der Waals surface area contributed by atoms with Crippen LogP contribution in [0.4, 0.5) is 11.4 Å². The number of fused-ring (bicyclic) bond motifs is 6. The lowest BCUT2D eigenvalue weighted by Crippen LogP contribution is -2.03. The summed E-state index contributed by atoms with van der Waals surface area (Å²) in [5.74, 6) is -0.793. The van der Waals surface area contributed by atoms with E-state index < -0.39 is 23.3 Å². The van der Waals surface area contributed by atoms with Crippen LogP contribution in [0.3, 0.4) is 0 Å². The van der Waals surface area contributed by atoms with Crippen molar-refractivity contribution in [1.29, 1.82) is 0 Å². The summed E-state index contributed by atoms with van der Waals surface area (Å²) in [5.41, 5.74) is 3.45. The fourth-order valence-corrected chi connectivity index (χ4v) is 4.87. The van der Waals surface area contributed by atoms with Crippen molar-refractivity contribution < 1.29 is 29.5 Å². The van der Waals surface area contributed by atoms with E-state index >= 15 is 0 Å². The van der Waals surface area contributed by atoms with Crippen molar-refractivity contribution >= 4 is 30.6 Å². The molecule has 0 aliphatic heterocycles. The first-order chi connectivity index (χ1) is 17.8. The number of benzene rings is 4. The Morgan fingerprint density at radius 3 is 1.78 bits per heavy atom. The van der Waals surface area contributed by atoms with E-state index in [2.05, 4.69) is 0 Å². The van der Waals surface area contributed by atoms with E-state index in [1.165, 1.54) is 18.2 Å². The number of hydrogen-bond acceptors (Lipinski definition) is 8. The number of non-ortho nitro benzene ring substituents is 1. The normalized spacial score (nSPS) is 12.1. The highest BCUT2D eigenvalue weighted by molar-refractivity contribution is 6.25. The van der Waals surface area contributed by atoms with Crippen molar-refractivity contribution in [1.82, 2.24) is 0 Å². The third kappa shape index (κ3) is 3.61. The number of hydrogen-bond donors (Lipinski definition) is 2. The number of nitro benzene ring substituents is 2. The maximum Gasteiger partial charge on any atom is 0.432 e. The maximum absolute atomic E-state index is 13.1. The molecule has 0 bridgehead atoms. The van der Waals surface area contributed by atoms with Crippen molar-refractivity contribution in [2.45, 2.75) is 0 Å². The summed E-state index contributed by atoms with van der Waals surface area (Å²) in [6.45, 7) is 0. The molecule has 2 aliphatic rings. The molecule has 4 aromatic carbocycles. The van der Waals surface area contributed by atoms with Crippen molar-refractivity contribution in [3.05, 3.63) is 115 Å². The maximum atomic E-state index is 13.1. The molecule has 0 fully saturated rings. The summed E-state index contributed by atoms with van der Waals surface area (Å²) in [6.07, 6.45) is 0. The minimum absolute atomic E-state index is 0.0365. The van der Waals surface area contributed by atoms with Gasteiger partial charge in [0, 0.05) is 34.4 Å². The van der Waals surface area contributed by atoms with E-state index in [1.54, 1.807) is 54.6 Å². The third-order valence-electron chi connectivity index (χ3n) is 6.37. The van der Waals surface area contributed by atoms with Crippen LogP contribution in [0.1, 0.15) is 31.8 Å². The molecule has 0 radical (unpaired) electrons. The molecule has 0 saturated heterocycles. The Bertz CT molecular complexity index is 1680. The molecule has 2 N–H and O–H groups in total. The van der Waals surface area contributed by atoms with Crippen LogP contribution in [0.15, 0.2) is 72.8 Å². The molecule has 0 aromatic heterocycles. The molecule has 10 nitrogen and oxygen atoms in total. The van der Waals surface area contributed by atoms with Gasteiger partial charge in [-0.2, -0.15) is 0 Å². The fourth-order valence-electron chi connectivity index (χ4n) is 4.87. The Morgan fingerprint density at radius 1 is 0.595 bits per heavy atom. The Hall–Kier alpha value is -5.00. The fraction of sp³-hybridized carbons (Fsp3) is 0. The van der Waals surface area contributed by atoms with Crippen LogP contribution in [-0.4, -0.2) is 39.1 Å². The predicted molar refractivity (Wildman–Crippen MR) is 135 cm³/mol. The summed E-state index contributed by atoms with van der Waals surface area (Å²) in [4.78, 5) is 48.2. The molecule has 0 amide bonds. The lowest BCUT2D eigenvalue weighted by molar-refractivity contribution is -0.384. The standard InChI is InChI=1S/C26H12N2O6.BH3O2/c29-25-21-11-13(5-7-17(21)18-8-6-14(27(31)32)12-22(18)25)15-9-10-19-16-3-1-2-4-20(16)26(30)23(19)24(15)28(33)34;2-1-3/h1-12H;1-3H. The molecule has 0 atom stereocenters. The first kappa shape index (κ1) is 23.7. The van der Waals surface area contributed by atoms with Gasteiger partial charge in [-0.05, 0) is 40.5 Å². The summed E-state index contributed by atoms with van der Waals surface area (Å²) in [5, 5.41) is 37.5. The smallest absolute Gasteiger partial charge is 0.430 e. The highest BCUT2D eigenvalue weighted by Crippen LogP contribution is 2.46. The molecule has 2 aliphatic carbocycles. The summed E-state index contributed by atoms with van der Waals surface area (Å²) in [7, 11) is -0.750. The Kier molecular flexibility index (Phi) is 5.71. The predicted octanol–water partition coefficient (Wildman–Crippen LogP) is 3.83. The van der Waals surface area contributed by atoms with Gasteiger partial charge in [0.1, 0.15) is 5.56 Å². The molecule has 0 heterocycles. The van der Waals surface area contributed by atoms with Gasteiger partial charge in [0.05, 0.1) is 15.4 Å². The number of nitrogens with zero attached hydrogens (tertiary/aromatic N) is 2. The van der Waals surface area contributed by atoms with Crippen LogP contribution >= 0.6 is 0 Å². The van der Waals surface area contributed by atoms with Gasteiger partial charge in [-0.25, -0.2) is 0 Å². The molecule has 11 heteroatoms. The quantitative estimate of drug-likeness (QED) is 0.213. The van der Waals surface area contributed by atoms with E-state index in [-0.39, 0.29) is 33.8 Å². The van der Waals surface area contributed by atoms with Gasteiger partial charge in [0.2, 0.25) is 5.78 Å². The SMILES string of the molecule is O=C1c2cc(-c3ccc4c(c3[N+](=O)[O-])C(=O)c3ccccc3-4)ccc2-c2ccc([N+](=O)[O-])cc21.OBO. The highest BCUT2D eigenvalue weighted by Gasteiger charge is 2.37. The molecular weight excluding hydrogens is 479 g/mol. The van der Waals surface area contributed by atoms with E-state index in [0.29, 0.717) is 38.9 Å². The van der Waals surface area contributed by atoms with Gasteiger partial charge in [-0.3, -0.25) is 29.8 Å². The van der Waals surface area contributed by atoms with Gasteiger partial charge in [-0.1, -0.05) is 42.5 Å². The number of carbonyl (C=O) groups excluding carboxylic acids is 2. The van der Waals surface area contributed by atoms with Crippen molar-refractivity contribution in [2.75, 3.05) is 0 Å². The summed E-state index contributed by atoms with van der Waals surface area (Å²) >= 11 is 0. The molecule has 6 rings (SSSR count). The largest absolute Gasteiger partial charge is 0.432 e. The number of carbonyl (C=O) groups is 2. The van der Waals surface area contributed by atoms with E-state index in [1.807, 2.05) is 0 Å². The zero-order chi connectivity index (χ0) is 26.4. The van der Waals surface area contributed by atoms with Crippen molar-refractivity contribution in [2.24, 2.45) is 0 Å². The minimum Gasteiger partial charge on any atom is -0.430 e. The van der Waals surface area contributed by atoms with E-state index in [9.17, 15) is 29.8 Å². The Labute approximate surface area is 209 Å². The van der Waals surface area contributed by atoms with Crippen molar-refractivity contribution in [3.63, 3.8) is 0 Å². The molecule has 37 heavy (non-hydrogen) atoms. The van der Waals surface area contributed by atoms with Gasteiger partial charge in [0.25, 0.3) is 11.4 Å². The Balaban J connectivity index is 0.000000892. The van der Waals surface area contributed by atoms with Crippen molar-refractivity contribution in [3.8, 4) is 33.4 Å². The van der Waals surface area contributed by atoms with Crippen LogP contribution < -0.4 is 0 Å². The van der Waals surface area contributed by atoms with Gasteiger partial charge < -0.3 is 10.0 Å². The zero-order valence-corrected chi connectivity index (χ0v) is 18.9. The number of ketones is 2. The second-order valence-corrected chi connectivity index (χ2v) is 8.23. The summed E-state index contributed by atoms with van der Waals surface area (Å²) < 4.78 is 0. The third-order valence-corrected chi connectivity index (χ3v) is 6.37. The molecule has 0 unspecified atom stereocenters. The second kappa shape index (κ2) is 8.90. The topological polar surface area (TPSA) is 161 Å². The minimum atomic E-state index is -0.750. The van der Waals surface area contributed by atoms with Crippen LogP contribution in [-0.2, 0) is 0 Å². The van der Waals surface area contributed by atoms with E-state index in [4.69, 9.17) is 10.0 Å². The molecule has 4 aromatic rings. The lowest BCUT2D eigenvalue weighted by Gasteiger charge is -2.09. The zero-order valence-electron chi connectivity index (χ0n) is 18.9. The summed E-state index contributed by atoms with van der Waals surface area (Å²) in [6, 6.07) is 19.2. The average molecular weight is 494 g/mol. The Morgan fingerprint density at radius 2 is 1.14 bits per heavy atom. The van der Waals surface area contributed by atoms with Crippen LogP contribution in [0.2, 0.25) is 0 Å². The first-order valence-corrected chi connectivity index (χ1v) is 10.9. The van der Waals surface area contributed by atoms with E-state index in [0.717, 1.165) is 0 Å². The molecular formula is C26H15BN2O8. The van der Waals surface area contributed by atoms with Crippen LogP contribution in [0.5, 0.6) is 0 Å². The van der Waals surface area contributed by atoms with Gasteiger partial charge in [-0.15, -0.1) is 0 Å². The lowest BCUT2D eigenvalue weighted by atomic mass is 9.93. The monoisotopic (exact) mass is 494 g/mol. The van der Waals surface area contributed by atoms with Gasteiger partial charge in [0.15, 0.2) is 5.78 Å². The second-order valence-electron chi connectivity index (χ2n) is 8.23. The number of nitro groups is 2. The average Bonchev–Trinajstić information content (AvgIpc) is 3.34. The van der Waals surface area contributed by atoms with Gasteiger partial charge >= 0.3 is 7.69 Å². The molecule has 0 saturated carbocycles. The first-order valence-electron chi connectivity index (χ1n) is 10.9. The molecule has 180 valence electrons. The highest BCUT2D eigenvalue weighted by atomic mass is 16.6. The molecule has 0 spiro atoms. The van der Waals surface area contributed by atoms with Crippen LogP contribution in [0, 0.1) is 20.2 Å². The van der Waals surface area contributed by atoms with Crippen LogP contribution in [0.25, 0.3) is 33.4 Å². The number of rotatable bonds is 3.